The summed E-state index contributed by atoms with van der Waals surface area (Å²) >= 11 is 0. The molecule has 0 atom stereocenters. The van der Waals surface area contributed by atoms with Gasteiger partial charge in [-0.05, 0) is 44.5 Å². The lowest BCUT2D eigenvalue weighted by Crippen LogP contribution is -2.44. The van der Waals surface area contributed by atoms with Crippen LogP contribution in [-0.4, -0.2) is 23.2 Å². The third kappa shape index (κ3) is 3.62. The zero-order valence-electron chi connectivity index (χ0n) is 9.46. The van der Waals surface area contributed by atoms with E-state index in [4.69, 9.17) is 5.11 Å². The van der Waals surface area contributed by atoms with E-state index in [1.54, 1.807) is 0 Å². The van der Waals surface area contributed by atoms with Crippen LogP contribution in [0.4, 0.5) is 4.39 Å². The number of aliphatic hydroxyl groups is 1. The van der Waals surface area contributed by atoms with Crippen LogP contribution in [0.2, 0.25) is 0 Å². The molecule has 0 saturated heterocycles. The monoisotopic (exact) mass is 225 g/mol. The van der Waals surface area contributed by atoms with Crippen LogP contribution in [0, 0.1) is 5.82 Å². The number of benzene rings is 1. The summed E-state index contributed by atoms with van der Waals surface area (Å²) in [6, 6.07) is 5.35. The van der Waals surface area contributed by atoms with Gasteiger partial charge >= 0.3 is 0 Å². The van der Waals surface area contributed by atoms with Crippen LogP contribution in [0.5, 0.6) is 0 Å². The molecule has 1 aromatic carbocycles. The average Bonchev–Trinajstić information content (AvgIpc) is 2.17. The van der Waals surface area contributed by atoms with Crippen molar-refractivity contribution in [2.24, 2.45) is 0 Å². The number of nitrogens with one attached hydrogen (secondary N) is 1. The largest absolute Gasteiger partial charge is 0.396 e. The molecule has 0 spiro atoms. The van der Waals surface area contributed by atoms with Gasteiger partial charge in [-0.3, -0.25) is 4.79 Å². The summed E-state index contributed by atoms with van der Waals surface area (Å²) in [5, 5.41) is 11.6. The first kappa shape index (κ1) is 12.6. The fourth-order valence-corrected chi connectivity index (χ4v) is 1.32. The van der Waals surface area contributed by atoms with Crippen LogP contribution < -0.4 is 5.32 Å². The molecule has 2 N–H and O–H groups in total. The highest BCUT2D eigenvalue weighted by molar-refractivity contribution is 5.94. The van der Waals surface area contributed by atoms with E-state index in [1.165, 1.54) is 24.3 Å². The van der Waals surface area contributed by atoms with E-state index in [-0.39, 0.29) is 18.3 Å². The molecule has 1 amide bonds. The Kier molecular flexibility index (Phi) is 4.01. The molecule has 0 fully saturated rings. The molecule has 1 rings (SSSR count). The van der Waals surface area contributed by atoms with Crippen molar-refractivity contribution in [1.29, 1.82) is 0 Å². The predicted molar refractivity (Wildman–Crippen MR) is 59.6 cm³/mol. The zero-order valence-corrected chi connectivity index (χ0v) is 9.46. The maximum absolute atomic E-state index is 12.6. The molecule has 0 aromatic heterocycles. The van der Waals surface area contributed by atoms with Gasteiger partial charge in [0.25, 0.3) is 5.91 Å². The summed E-state index contributed by atoms with van der Waals surface area (Å²) in [5.41, 5.74) is -0.0624. The zero-order chi connectivity index (χ0) is 12.2. The summed E-state index contributed by atoms with van der Waals surface area (Å²) in [5.74, 6) is -0.635. The number of hydrogen-bond donors (Lipinski definition) is 2. The molecule has 4 heteroatoms. The number of carbonyl (C=O) groups excluding carboxylic acids is 1. The van der Waals surface area contributed by atoms with Crippen molar-refractivity contribution in [2.75, 3.05) is 6.61 Å². The maximum atomic E-state index is 12.6. The van der Waals surface area contributed by atoms with Gasteiger partial charge in [0, 0.05) is 17.7 Å². The van der Waals surface area contributed by atoms with Crippen molar-refractivity contribution in [2.45, 2.75) is 25.8 Å². The summed E-state index contributed by atoms with van der Waals surface area (Å²) in [7, 11) is 0. The Morgan fingerprint density at radius 3 is 2.44 bits per heavy atom. The molecule has 1 aromatic rings. The summed E-state index contributed by atoms with van der Waals surface area (Å²) in [4.78, 5) is 11.7. The van der Waals surface area contributed by atoms with E-state index in [1.807, 2.05) is 13.8 Å². The maximum Gasteiger partial charge on any atom is 0.251 e. The van der Waals surface area contributed by atoms with Crippen molar-refractivity contribution < 1.29 is 14.3 Å². The van der Waals surface area contributed by atoms with Crippen LogP contribution >= 0.6 is 0 Å². The first-order chi connectivity index (χ1) is 7.44. The number of halogens is 1. The minimum atomic E-state index is -0.472. The van der Waals surface area contributed by atoms with Gasteiger partial charge in [-0.2, -0.15) is 0 Å². The highest BCUT2D eigenvalue weighted by atomic mass is 19.1. The van der Waals surface area contributed by atoms with Gasteiger partial charge in [0.2, 0.25) is 0 Å². The molecule has 0 heterocycles. The Morgan fingerprint density at radius 2 is 1.94 bits per heavy atom. The normalized spacial score (nSPS) is 11.2. The molecule has 0 unspecified atom stereocenters. The molecule has 0 aliphatic rings. The molecule has 0 saturated carbocycles. The molecule has 3 nitrogen and oxygen atoms in total. The van der Waals surface area contributed by atoms with Crippen LogP contribution in [0.15, 0.2) is 24.3 Å². The van der Waals surface area contributed by atoms with Gasteiger partial charge in [0.05, 0.1) is 0 Å². The number of hydrogen-bond acceptors (Lipinski definition) is 2. The van der Waals surface area contributed by atoms with Crippen molar-refractivity contribution >= 4 is 5.91 Å². The van der Waals surface area contributed by atoms with Crippen LogP contribution in [0.25, 0.3) is 0 Å². The first-order valence-electron chi connectivity index (χ1n) is 5.13. The Hall–Kier alpha value is -1.42. The molecule has 16 heavy (non-hydrogen) atoms. The molecule has 88 valence electrons. The quantitative estimate of drug-likeness (QED) is 0.819. The van der Waals surface area contributed by atoms with Gasteiger partial charge in [-0.15, -0.1) is 0 Å². The van der Waals surface area contributed by atoms with Crippen molar-refractivity contribution in [1.82, 2.24) is 5.32 Å². The second-order valence-corrected chi connectivity index (χ2v) is 4.32. The Morgan fingerprint density at radius 1 is 1.38 bits per heavy atom. The second-order valence-electron chi connectivity index (χ2n) is 4.32. The third-order valence-electron chi connectivity index (χ3n) is 2.30. The number of amides is 1. The lowest BCUT2D eigenvalue weighted by Gasteiger charge is -2.25. The van der Waals surface area contributed by atoms with Crippen molar-refractivity contribution in [3.63, 3.8) is 0 Å². The first-order valence-corrected chi connectivity index (χ1v) is 5.13. The average molecular weight is 225 g/mol. The fraction of sp³-hybridized carbons (Fsp3) is 0.417. The summed E-state index contributed by atoms with van der Waals surface area (Å²) < 4.78 is 12.6. The lowest BCUT2D eigenvalue weighted by atomic mass is 10.0. The van der Waals surface area contributed by atoms with Gasteiger partial charge in [-0.25, -0.2) is 4.39 Å². The molecule has 0 aliphatic carbocycles. The second kappa shape index (κ2) is 5.07. The van der Waals surface area contributed by atoms with E-state index in [9.17, 15) is 9.18 Å². The van der Waals surface area contributed by atoms with Crippen molar-refractivity contribution in [3.05, 3.63) is 35.6 Å². The summed E-state index contributed by atoms with van der Waals surface area (Å²) in [6.07, 6.45) is 0.472. The third-order valence-corrected chi connectivity index (χ3v) is 2.30. The SMILES string of the molecule is CC(C)(CCO)NC(=O)c1ccc(F)cc1. The van der Waals surface area contributed by atoms with Gasteiger partial charge in [0.15, 0.2) is 0 Å². The van der Waals surface area contributed by atoms with Crippen LogP contribution in [0.3, 0.4) is 0 Å². The number of aliphatic hydroxyl groups excluding tert-OH is 1. The van der Waals surface area contributed by atoms with Crippen LogP contribution in [-0.2, 0) is 0 Å². The minimum absolute atomic E-state index is 0.0106. The van der Waals surface area contributed by atoms with E-state index in [0.29, 0.717) is 12.0 Å². The van der Waals surface area contributed by atoms with Gasteiger partial charge < -0.3 is 10.4 Å². The smallest absolute Gasteiger partial charge is 0.251 e. The van der Waals surface area contributed by atoms with E-state index >= 15 is 0 Å². The molecule has 0 bridgehead atoms. The summed E-state index contributed by atoms with van der Waals surface area (Å²) in [6.45, 7) is 3.66. The van der Waals surface area contributed by atoms with Crippen molar-refractivity contribution in [3.8, 4) is 0 Å². The van der Waals surface area contributed by atoms with Gasteiger partial charge in [0.1, 0.15) is 5.82 Å². The molecule has 0 aliphatic heterocycles. The standard InChI is InChI=1S/C12H16FNO2/c1-12(2,7-8-15)14-11(16)9-3-5-10(13)6-4-9/h3-6,15H,7-8H2,1-2H3,(H,14,16). The number of rotatable bonds is 4. The molecular formula is C12H16FNO2. The van der Waals surface area contributed by atoms with E-state index < -0.39 is 5.54 Å². The molecule has 0 radical (unpaired) electrons. The number of carbonyl (C=O) groups is 1. The Bertz CT molecular complexity index is 360. The van der Waals surface area contributed by atoms with E-state index in [0.717, 1.165) is 0 Å². The highest BCUT2D eigenvalue weighted by Gasteiger charge is 2.20. The predicted octanol–water partition coefficient (Wildman–Crippen LogP) is 1.72. The van der Waals surface area contributed by atoms with E-state index in [2.05, 4.69) is 5.32 Å². The highest BCUT2D eigenvalue weighted by Crippen LogP contribution is 2.10. The van der Waals surface area contributed by atoms with Gasteiger partial charge in [-0.1, -0.05) is 0 Å². The lowest BCUT2D eigenvalue weighted by molar-refractivity contribution is 0.0899. The van der Waals surface area contributed by atoms with Crippen LogP contribution in [0.1, 0.15) is 30.6 Å². The fourth-order valence-electron chi connectivity index (χ4n) is 1.32. The Labute approximate surface area is 94.3 Å². The molecular weight excluding hydrogens is 209 g/mol. The topological polar surface area (TPSA) is 49.3 Å². The Balaban J connectivity index is 2.69. The minimum Gasteiger partial charge on any atom is -0.396 e.